The number of allylic oxidation sites excluding steroid dienone is 5. The predicted molar refractivity (Wildman–Crippen MR) is 105 cm³/mol. The Morgan fingerprint density at radius 1 is 0.960 bits per heavy atom. The number of unbranched alkanes of at least 4 members (excludes halogenated alkanes) is 3. The van der Waals surface area contributed by atoms with E-state index in [0.29, 0.717) is 25.7 Å². The molecule has 0 aliphatic heterocycles. The maximum atomic E-state index is 11.1. The third-order valence-corrected chi connectivity index (χ3v) is 3.70. The minimum Gasteiger partial charge on any atom is -0.389 e. The zero-order chi connectivity index (χ0) is 18.8. The van der Waals surface area contributed by atoms with Crippen molar-refractivity contribution in [3.05, 3.63) is 48.6 Å². The number of amides is 1. The number of aliphatic hydroxyl groups excluding tert-OH is 2. The lowest BCUT2D eigenvalue weighted by Gasteiger charge is -2.03. The van der Waals surface area contributed by atoms with Gasteiger partial charge < -0.3 is 15.5 Å². The first kappa shape index (κ1) is 23.4. The molecule has 142 valence electrons. The van der Waals surface area contributed by atoms with Crippen molar-refractivity contribution in [2.24, 2.45) is 0 Å². The van der Waals surface area contributed by atoms with Crippen molar-refractivity contribution in [2.45, 2.75) is 70.5 Å². The van der Waals surface area contributed by atoms with Crippen LogP contribution in [0.2, 0.25) is 0 Å². The van der Waals surface area contributed by atoms with E-state index in [9.17, 15) is 15.0 Å². The minimum atomic E-state index is -0.540. The summed E-state index contributed by atoms with van der Waals surface area (Å²) < 4.78 is 0. The Morgan fingerprint density at radius 2 is 1.64 bits per heavy atom. The van der Waals surface area contributed by atoms with Gasteiger partial charge in [0.25, 0.3) is 0 Å². The molecule has 4 heteroatoms. The monoisotopic (exact) mass is 349 g/mol. The maximum absolute atomic E-state index is 11.1. The topological polar surface area (TPSA) is 69.6 Å². The Bertz CT molecular complexity index is 438. The second-order valence-corrected chi connectivity index (χ2v) is 6.06. The van der Waals surface area contributed by atoms with Gasteiger partial charge in [-0.2, -0.15) is 0 Å². The van der Waals surface area contributed by atoms with Gasteiger partial charge in [-0.3, -0.25) is 4.79 Å². The van der Waals surface area contributed by atoms with E-state index in [1.165, 1.54) is 19.3 Å². The highest BCUT2D eigenvalue weighted by Crippen LogP contribution is 2.03. The van der Waals surface area contributed by atoms with E-state index in [4.69, 9.17) is 0 Å². The summed E-state index contributed by atoms with van der Waals surface area (Å²) in [7, 11) is 1.61. The summed E-state index contributed by atoms with van der Waals surface area (Å²) in [5.41, 5.74) is 0. The maximum Gasteiger partial charge on any atom is 0.219 e. The van der Waals surface area contributed by atoms with Crippen LogP contribution in [0.15, 0.2) is 48.6 Å². The van der Waals surface area contributed by atoms with Gasteiger partial charge in [-0.05, 0) is 32.1 Å². The standard InChI is InChI=1S/C21H35NO3/c1-3-4-5-6-7-10-14-19(23)15-11-8-9-12-16-20(24)17-13-18-21(25)22-2/h7-12,15-16,19-20,23-24H,3-6,13-14,17-18H2,1-2H3,(H,22,25)/b9-8+,10-7+,15-11+,16-12-/t19-,20-/m1/s1. The lowest BCUT2D eigenvalue weighted by molar-refractivity contribution is -0.120. The van der Waals surface area contributed by atoms with E-state index < -0.39 is 12.2 Å². The van der Waals surface area contributed by atoms with Crippen LogP contribution in [0, 0.1) is 0 Å². The van der Waals surface area contributed by atoms with Crippen molar-refractivity contribution < 1.29 is 15.0 Å². The summed E-state index contributed by atoms with van der Waals surface area (Å²) in [6.45, 7) is 2.19. The molecule has 0 aromatic heterocycles. The SMILES string of the molecule is CCCCC/C=C/C[C@@H](O)/C=C/C=C/C=C\[C@@H](O)CCCC(=O)NC. The highest BCUT2D eigenvalue weighted by Gasteiger charge is 2.01. The lowest BCUT2D eigenvalue weighted by atomic mass is 10.1. The van der Waals surface area contributed by atoms with Crippen molar-refractivity contribution in [1.29, 1.82) is 0 Å². The van der Waals surface area contributed by atoms with E-state index >= 15 is 0 Å². The summed E-state index contributed by atoms with van der Waals surface area (Å²) >= 11 is 0. The van der Waals surface area contributed by atoms with Gasteiger partial charge in [0.15, 0.2) is 0 Å². The van der Waals surface area contributed by atoms with Gasteiger partial charge in [-0.15, -0.1) is 0 Å². The van der Waals surface area contributed by atoms with Gasteiger partial charge in [0.2, 0.25) is 5.91 Å². The fourth-order valence-corrected chi connectivity index (χ4v) is 2.15. The Kier molecular flexibility index (Phi) is 16.0. The Morgan fingerprint density at radius 3 is 2.28 bits per heavy atom. The number of carbonyl (C=O) groups excluding carboxylic acids is 1. The van der Waals surface area contributed by atoms with Crippen molar-refractivity contribution >= 4 is 5.91 Å². The lowest BCUT2D eigenvalue weighted by Crippen LogP contribution is -2.17. The van der Waals surface area contributed by atoms with Crippen molar-refractivity contribution in [2.75, 3.05) is 7.05 Å². The van der Waals surface area contributed by atoms with Crippen molar-refractivity contribution in [1.82, 2.24) is 5.32 Å². The molecule has 0 heterocycles. The average molecular weight is 350 g/mol. The quantitative estimate of drug-likeness (QED) is 0.254. The minimum absolute atomic E-state index is 0.00410. The average Bonchev–Trinajstić information content (AvgIpc) is 2.60. The molecule has 4 nitrogen and oxygen atoms in total. The second kappa shape index (κ2) is 17.2. The fraction of sp³-hybridized carbons (Fsp3) is 0.571. The predicted octanol–water partition coefficient (Wildman–Crippen LogP) is 3.82. The first-order valence-corrected chi connectivity index (χ1v) is 9.33. The van der Waals surface area contributed by atoms with Gasteiger partial charge in [-0.25, -0.2) is 0 Å². The van der Waals surface area contributed by atoms with Gasteiger partial charge in [-0.1, -0.05) is 68.4 Å². The molecule has 1 amide bonds. The van der Waals surface area contributed by atoms with E-state index in [-0.39, 0.29) is 5.91 Å². The molecule has 0 rings (SSSR count). The highest BCUT2D eigenvalue weighted by atomic mass is 16.3. The smallest absolute Gasteiger partial charge is 0.219 e. The zero-order valence-electron chi connectivity index (χ0n) is 15.7. The van der Waals surface area contributed by atoms with Crippen LogP contribution in [0.5, 0.6) is 0 Å². The van der Waals surface area contributed by atoms with Gasteiger partial charge in [0.1, 0.15) is 0 Å². The number of rotatable bonds is 14. The number of aliphatic hydroxyl groups is 2. The third-order valence-electron chi connectivity index (χ3n) is 3.70. The summed E-state index contributed by atoms with van der Waals surface area (Å²) in [5.74, 6) is -0.00410. The summed E-state index contributed by atoms with van der Waals surface area (Å²) in [5, 5.41) is 22.1. The molecule has 0 aliphatic rings. The molecule has 0 saturated heterocycles. The normalized spacial score (nSPS) is 14.9. The van der Waals surface area contributed by atoms with Crippen LogP contribution >= 0.6 is 0 Å². The van der Waals surface area contributed by atoms with E-state index in [2.05, 4.69) is 18.3 Å². The largest absolute Gasteiger partial charge is 0.389 e. The first-order valence-electron chi connectivity index (χ1n) is 9.33. The molecule has 3 N–H and O–H groups in total. The van der Waals surface area contributed by atoms with Crippen LogP contribution in [0.25, 0.3) is 0 Å². The molecule has 0 unspecified atom stereocenters. The van der Waals surface area contributed by atoms with E-state index in [1.807, 2.05) is 18.2 Å². The van der Waals surface area contributed by atoms with Crippen molar-refractivity contribution in [3.63, 3.8) is 0 Å². The number of nitrogens with one attached hydrogen (secondary N) is 1. The molecule has 0 aliphatic carbocycles. The second-order valence-electron chi connectivity index (χ2n) is 6.06. The number of carbonyl (C=O) groups is 1. The van der Waals surface area contributed by atoms with Gasteiger partial charge in [0.05, 0.1) is 12.2 Å². The molecule has 0 radical (unpaired) electrons. The van der Waals surface area contributed by atoms with Gasteiger partial charge >= 0.3 is 0 Å². The van der Waals surface area contributed by atoms with Crippen LogP contribution < -0.4 is 5.32 Å². The van der Waals surface area contributed by atoms with E-state index in [0.717, 1.165) is 6.42 Å². The van der Waals surface area contributed by atoms with Crippen LogP contribution in [0.3, 0.4) is 0 Å². The van der Waals surface area contributed by atoms with Crippen molar-refractivity contribution in [3.8, 4) is 0 Å². The van der Waals surface area contributed by atoms with Crippen LogP contribution in [0.1, 0.15) is 58.3 Å². The zero-order valence-corrected chi connectivity index (χ0v) is 15.7. The van der Waals surface area contributed by atoms with E-state index in [1.54, 1.807) is 31.4 Å². The molecule has 0 aromatic carbocycles. The summed E-state index contributed by atoms with van der Waals surface area (Å²) in [6, 6.07) is 0. The molecule has 0 aromatic rings. The van der Waals surface area contributed by atoms with Crippen LogP contribution in [-0.4, -0.2) is 35.4 Å². The Balaban J connectivity index is 3.82. The third kappa shape index (κ3) is 17.0. The number of hydrogen-bond donors (Lipinski definition) is 3. The highest BCUT2D eigenvalue weighted by molar-refractivity contribution is 5.75. The number of hydrogen-bond acceptors (Lipinski definition) is 3. The Labute approximate surface area is 153 Å². The first-order chi connectivity index (χ1) is 12.1. The summed E-state index contributed by atoms with van der Waals surface area (Å²) in [4.78, 5) is 11.1. The summed E-state index contributed by atoms with van der Waals surface area (Å²) in [6.07, 6.45) is 20.9. The fourth-order valence-electron chi connectivity index (χ4n) is 2.15. The Hall–Kier alpha value is -1.65. The molecule has 25 heavy (non-hydrogen) atoms. The molecule has 2 atom stereocenters. The van der Waals surface area contributed by atoms with Crippen LogP contribution in [-0.2, 0) is 4.79 Å². The molecule has 0 spiro atoms. The molecular weight excluding hydrogens is 314 g/mol. The molecule has 0 bridgehead atoms. The van der Waals surface area contributed by atoms with Crippen LogP contribution in [0.4, 0.5) is 0 Å². The molecule has 0 fully saturated rings. The molecule has 0 saturated carbocycles. The van der Waals surface area contributed by atoms with Gasteiger partial charge in [0, 0.05) is 13.5 Å². The molecular formula is C21H35NO3.